The van der Waals surface area contributed by atoms with E-state index >= 15 is 0 Å². The highest BCUT2D eigenvalue weighted by molar-refractivity contribution is 8.00. The van der Waals surface area contributed by atoms with E-state index in [2.05, 4.69) is 10.3 Å². The number of alkyl halides is 2. The number of thioether (sulfide) groups is 1. The number of rotatable bonds is 6. The molecule has 2 unspecified atom stereocenters. The van der Waals surface area contributed by atoms with E-state index in [1.165, 1.54) is 11.8 Å². The van der Waals surface area contributed by atoms with Crippen molar-refractivity contribution in [1.82, 2.24) is 14.9 Å². The molecule has 1 heterocycles. The molecule has 136 valence electrons. The molecule has 0 aliphatic rings. The molecule has 3 rings (SSSR count). The molecule has 0 aliphatic carbocycles. The Morgan fingerprint density at radius 2 is 1.73 bits per heavy atom. The monoisotopic (exact) mass is 375 g/mol. The van der Waals surface area contributed by atoms with Gasteiger partial charge in [-0.3, -0.25) is 9.36 Å². The number of hydrogen-bond donors (Lipinski definition) is 1. The molecule has 0 radical (unpaired) electrons. The zero-order valence-corrected chi connectivity index (χ0v) is 15.2. The van der Waals surface area contributed by atoms with Crippen LogP contribution in [0.25, 0.3) is 11.0 Å². The van der Waals surface area contributed by atoms with Gasteiger partial charge in [0.1, 0.15) is 5.82 Å². The van der Waals surface area contributed by atoms with Crippen LogP contribution >= 0.6 is 11.8 Å². The maximum atomic E-state index is 13.5. The second kappa shape index (κ2) is 7.86. The van der Waals surface area contributed by atoms with E-state index < -0.39 is 12.6 Å². The Balaban J connectivity index is 1.77. The summed E-state index contributed by atoms with van der Waals surface area (Å²) in [5.41, 5.74) is 0.834. The molecule has 0 spiro atoms. The van der Waals surface area contributed by atoms with Crippen molar-refractivity contribution in [1.29, 1.82) is 0 Å². The van der Waals surface area contributed by atoms with Crippen LogP contribution in [0.15, 0.2) is 59.5 Å². The number of fused-ring (bicyclic) bond motifs is 1. The maximum Gasteiger partial charge on any atom is 0.320 e. The number of para-hydroxylation sites is 2. The van der Waals surface area contributed by atoms with Crippen molar-refractivity contribution in [3.8, 4) is 0 Å². The first-order valence-corrected chi connectivity index (χ1v) is 9.12. The highest BCUT2D eigenvalue weighted by Crippen LogP contribution is 2.27. The lowest BCUT2D eigenvalue weighted by molar-refractivity contribution is -0.121. The van der Waals surface area contributed by atoms with Crippen molar-refractivity contribution >= 4 is 28.7 Å². The van der Waals surface area contributed by atoms with Gasteiger partial charge < -0.3 is 5.32 Å². The Hall–Kier alpha value is -2.41. The third kappa shape index (κ3) is 3.88. The van der Waals surface area contributed by atoms with Crippen LogP contribution in [0.5, 0.6) is 0 Å². The second-order valence-electron chi connectivity index (χ2n) is 5.91. The first kappa shape index (κ1) is 18.4. The Bertz CT molecular complexity index is 898. The summed E-state index contributed by atoms with van der Waals surface area (Å²) in [5.74, 6) is -0.0781. The van der Waals surface area contributed by atoms with Crippen molar-refractivity contribution in [3.63, 3.8) is 0 Å². The van der Waals surface area contributed by atoms with Crippen molar-refractivity contribution in [3.05, 3.63) is 60.4 Å². The molecule has 1 aromatic heterocycles. The lowest BCUT2D eigenvalue weighted by Crippen LogP contribution is -2.34. The lowest BCUT2D eigenvalue weighted by atomic mass is 10.3. The Kier molecular flexibility index (Phi) is 5.56. The second-order valence-corrected chi connectivity index (χ2v) is 7.32. The van der Waals surface area contributed by atoms with Gasteiger partial charge in [0.15, 0.2) is 0 Å². The molecule has 0 saturated heterocycles. The van der Waals surface area contributed by atoms with Crippen molar-refractivity contribution < 1.29 is 13.6 Å². The minimum Gasteiger partial charge on any atom is -0.345 e. The zero-order chi connectivity index (χ0) is 18.7. The summed E-state index contributed by atoms with van der Waals surface area (Å²) in [7, 11) is 0. The number of nitrogens with one attached hydrogen (secondary N) is 1. The number of halogens is 2. The standard InChI is InChI=1S/C19H19F2N3OS/c1-12(22-18(25)13(2)26-14-8-4-3-5-9-14)17-23-15-10-6-7-11-16(15)24(17)19(20)21/h3-13,19H,1-2H3,(H,22,25). The largest absolute Gasteiger partial charge is 0.345 e. The maximum absolute atomic E-state index is 13.5. The number of carbonyl (C=O) groups is 1. The van der Waals surface area contributed by atoms with Crippen molar-refractivity contribution in [2.24, 2.45) is 0 Å². The fourth-order valence-corrected chi connectivity index (χ4v) is 3.62. The minimum atomic E-state index is -2.73. The van der Waals surface area contributed by atoms with Gasteiger partial charge >= 0.3 is 6.55 Å². The Morgan fingerprint density at radius 3 is 2.42 bits per heavy atom. The van der Waals surface area contributed by atoms with Crippen LogP contribution in [0.2, 0.25) is 0 Å². The summed E-state index contributed by atoms with van der Waals surface area (Å²) < 4.78 is 28.0. The first-order chi connectivity index (χ1) is 12.5. The van der Waals surface area contributed by atoms with Gasteiger partial charge in [-0.25, -0.2) is 4.98 Å². The molecule has 26 heavy (non-hydrogen) atoms. The number of aromatic nitrogens is 2. The summed E-state index contributed by atoms with van der Waals surface area (Å²) in [6.45, 7) is 0.723. The first-order valence-electron chi connectivity index (χ1n) is 8.24. The van der Waals surface area contributed by atoms with Crippen LogP contribution in [0.4, 0.5) is 8.78 Å². The molecule has 4 nitrogen and oxygen atoms in total. The van der Waals surface area contributed by atoms with Gasteiger partial charge in [-0.2, -0.15) is 8.78 Å². The van der Waals surface area contributed by atoms with Gasteiger partial charge in [0.05, 0.1) is 22.3 Å². The van der Waals surface area contributed by atoms with Gasteiger partial charge in [-0.05, 0) is 38.1 Å². The predicted octanol–water partition coefficient (Wildman–Crippen LogP) is 4.79. The number of hydrogen-bond acceptors (Lipinski definition) is 3. The van der Waals surface area contributed by atoms with E-state index in [-0.39, 0.29) is 17.0 Å². The molecular weight excluding hydrogens is 356 g/mol. The molecule has 2 atom stereocenters. The Morgan fingerprint density at radius 1 is 1.08 bits per heavy atom. The normalized spacial score (nSPS) is 13.7. The van der Waals surface area contributed by atoms with E-state index in [0.29, 0.717) is 11.0 Å². The van der Waals surface area contributed by atoms with E-state index in [0.717, 1.165) is 9.46 Å². The van der Waals surface area contributed by atoms with E-state index in [4.69, 9.17) is 0 Å². The molecule has 0 bridgehead atoms. The molecule has 7 heteroatoms. The van der Waals surface area contributed by atoms with E-state index in [1.807, 2.05) is 30.3 Å². The fourth-order valence-electron chi connectivity index (χ4n) is 2.73. The molecular formula is C19H19F2N3OS. The topological polar surface area (TPSA) is 46.9 Å². The zero-order valence-electron chi connectivity index (χ0n) is 14.4. The SMILES string of the molecule is CC(Sc1ccccc1)C(=O)NC(C)c1nc2ccccc2n1C(F)F. The number of benzene rings is 2. The van der Waals surface area contributed by atoms with Crippen LogP contribution in [-0.2, 0) is 4.79 Å². The minimum absolute atomic E-state index is 0.145. The summed E-state index contributed by atoms with van der Waals surface area (Å²) in [5, 5.41) is 2.44. The number of carbonyl (C=O) groups excluding carboxylic acids is 1. The molecule has 2 aromatic carbocycles. The average molecular weight is 375 g/mol. The summed E-state index contributed by atoms with van der Waals surface area (Å²) in [6, 6.07) is 15.6. The molecule has 3 aromatic rings. The predicted molar refractivity (Wildman–Crippen MR) is 99.3 cm³/mol. The molecule has 0 fully saturated rings. The lowest BCUT2D eigenvalue weighted by Gasteiger charge is -2.18. The van der Waals surface area contributed by atoms with Gasteiger partial charge in [0.2, 0.25) is 5.91 Å². The van der Waals surface area contributed by atoms with Gasteiger partial charge in [0.25, 0.3) is 0 Å². The van der Waals surface area contributed by atoms with Crippen LogP contribution in [0.1, 0.15) is 32.3 Å². The summed E-state index contributed by atoms with van der Waals surface area (Å²) in [6.07, 6.45) is 0. The third-order valence-electron chi connectivity index (χ3n) is 3.99. The van der Waals surface area contributed by atoms with Crippen LogP contribution < -0.4 is 5.32 Å². The molecule has 0 saturated carbocycles. The molecule has 0 aliphatic heterocycles. The highest BCUT2D eigenvalue weighted by Gasteiger charge is 2.24. The number of amides is 1. The summed E-state index contributed by atoms with van der Waals surface area (Å²) in [4.78, 5) is 17.7. The average Bonchev–Trinajstić information content (AvgIpc) is 3.02. The number of imidazole rings is 1. The number of nitrogens with zero attached hydrogens (tertiary/aromatic N) is 2. The quantitative estimate of drug-likeness (QED) is 0.630. The van der Waals surface area contributed by atoms with E-state index in [9.17, 15) is 13.6 Å². The van der Waals surface area contributed by atoms with Crippen LogP contribution in [-0.4, -0.2) is 20.7 Å². The van der Waals surface area contributed by atoms with E-state index in [1.54, 1.807) is 38.1 Å². The van der Waals surface area contributed by atoms with Gasteiger partial charge in [-0.15, -0.1) is 11.8 Å². The van der Waals surface area contributed by atoms with Gasteiger partial charge in [0, 0.05) is 4.90 Å². The summed E-state index contributed by atoms with van der Waals surface area (Å²) >= 11 is 1.42. The van der Waals surface area contributed by atoms with Crippen LogP contribution in [0, 0.1) is 0 Å². The Labute approximate surface area is 154 Å². The van der Waals surface area contributed by atoms with Gasteiger partial charge in [-0.1, -0.05) is 30.3 Å². The van der Waals surface area contributed by atoms with Crippen molar-refractivity contribution in [2.45, 2.75) is 36.6 Å². The molecule has 1 N–H and O–H groups in total. The van der Waals surface area contributed by atoms with Crippen molar-refractivity contribution in [2.75, 3.05) is 0 Å². The molecule has 1 amide bonds. The highest BCUT2D eigenvalue weighted by atomic mass is 32.2. The fraction of sp³-hybridized carbons (Fsp3) is 0.263. The smallest absolute Gasteiger partial charge is 0.320 e. The van der Waals surface area contributed by atoms with Crippen LogP contribution in [0.3, 0.4) is 0 Å². The third-order valence-corrected chi connectivity index (χ3v) is 5.10.